The Morgan fingerprint density at radius 1 is 0.818 bits per heavy atom. The summed E-state index contributed by atoms with van der Waals surface area (Å²) in [5.74, 6) is 0. The molecule has 0 aromatic heterocycles. The van der Waals surface area contributed by atoms with E-state index < -0.39 is 7.14 Å². The molecule has 1 aliphatic carbocycles. The molecule has 0 radical (unpaired) electrons. The van der Waals surface area contributed by atoms with Gasteiger partial charge in [0, 0.05) is 10.6 Å². The Morgan fingerprint density at radius 3 is 2.09 bits per heavy atom. The van der Waals surface area contributed by atoms with E-state index in [-0.39, 0.29) is 0 Å². The van der Waals surface area contributed by atoms with Gasteiger partial charge in [0.15, 0.2) is 7.14 Å². The summed E-state index contributed by atoms with van der Waals surface area (Å²) in [5, 5.41) is 2.06. The molecule has 1 fully saturated rings. The molecule has 0 spiro atoms. The van der Waals surface area contributed by atoms with Gasteiger partial charge in [0.1, 0.15) is 0 Å². The maximum absolute atomic E-state index is 14.2. The third kappa shape index (κ3) is 2.00. The molecule has 1 aliphatic heterocycles. The highest BCUT2D eigenvalue weighted by molar-refractivity contribution is 14.1. The molecule has 1 unspecified atom stereocenters. The molecule has 1 heterocycles. The van der Waals surface area contributed by atoms with Crippen LogP contribution in [-0.4, -0.2) is 0 Å². The number of hydrogen-bond donors (Lipinski definition) is 0. The fourth-order valence-electron chi connectivity index (χ4n) is 3.54. The molecule has 2 aromatic carbocycles. The molecule has 4 rings (SSSR count). The lowest BCUT2D eigenvalue weighted by molar-refractivity contribution is 0.592. The summed E-state index contributed by atoms with van der Waals surface area (Å²) in [6, 6.07) is 20.3. The maximum atomic E-state index is 14.2. The number of halogens is 1. The van der Waals surface area contributed by atoms with Gasteiger partial charge in [-0.05, 0) is 58.6 Å². The second-order valence-electron chi connectivity index (χ2n) is 5.76. The Kier molecular flexibility index (Phi) is 3.62. The molecule has 1 atom stereocenters. The summed E-state index contributed by atoms with van der Waals surface area (Å²) in [6.45, 7) is 0. The minimum atomic E-state index is -2.68. The van der Waals surface area contributed by atoms with Gasteiger partial charge < -0.3 is 4.57 Å². The van der Waals surface area contributed by atoms with Crippen molar-refractivity contribution >= 4 is 40.4 Å². The van der Waals surface area contributed by atoms with Crippen molar-refractivity contribution in [1.82, 2.24) is 0 Å². The van der Waals surface area contributed by atoms with Gasteiger partial charge in [-0.1, -0.05) is 60.7 Å². The molecule has 110 valence electrons. The van der Waals surface area contributed by atoms with Crippen molar-refractivity contribution in [2.45, 2.75) is 19.3 Å². The average Bonchev–Trinajstić information content (AvgIpc) is 3.12. The molecular weight excluding hydrogens is 402 g/mol. The predicted octanol–water partition coefficient (Wildman–Crippen LogP) is 5.93. The van der Waals surface area contributed by atoms with Gasteiger partial charge in [0.05, 0.1) is 3.32 Å². The van der Waals surface area contributed by atoms with Crippen LogP contribution in [0, 0.1) is 0 Å². The van der Waals surface area contributed by atoms with E-state index in [1.54, 1.807) is 0 Å². The fourth-order valence-corrected chi connectivity index (χ4v) is 8.74. The topological polar surface area (TPSA) is 17.1 Å². The molecule has 0 N–H and O–H groups in total. The highest BCUT2D eigenvalue weighted by atomic mass is 127. The van der Waals surface area contributed by atoms with Crippen LogP contribution in [-0.2, 0) is 4.57 Å². The molecule has 3 heteroatoms. The number of rotatable bonds is 2. The maximum Gasteiger partial charge on any atom is 0.178 e. The lowest BCUT2D eigenvalue weighted by atomic mass is 10.1. The predicted molar refractivity (Wildman–Crippen MR) is 102 cm³/mol. The van der Waals surface area contributed by atoms with Crippen molar-refractivity contribution in [2.75, 3.05) is 0 Å². The molecular formula is C19H16IOP. The molecule has 0 bridgehead atoms. The van der Waals surface area contributed by atoms with E-state index in [4.69, 9.17) is 0 Å². The van der Waals surface area contributed by atoms with Crippen LogP contribution in [0.25, 0.3) is 5.31 Å². The Labute approximate surface area is 144 Å². The van der Waals surface area contributed by atoms with Crippen molar-refractivity contribution in [3.63, 3.8) is 0 Å². The molecule has 0 amide bonds. The van der Waals surface area contributed by atoms with Gasteiger partial charge in [0.25, 0.3) is 0 Å². The second-order valence-corrected chi connectivity index (χ2v) is 10.3. The van der Waals surface area contributed by atoms with E-state index in [0.717, 1.165) is 32.3 Å². The molecule has 22 heavy (non-hydrogen) atoms. The first kappa shape index (κ1) is 14.5. The first-order valence-corrected chi connectivity index (χ1v) is 10.4. The summed E-state index contributed by atoms with van der Waals surface area (Å²) >= 11 is 2.35. The molecule has 0 saturated heterocycles. The summed E-state index contributed by atoms with van der Waals surface area (Å²) in [5.41, 5.74) is 3.82. The third-order valence-corrected chi connectivity index (χ3v) is 10.2. The Balaban J connectivity index is 2.02. The average molecular weight is 418 g/mol. The van der Waals surface area contributed by atoms with Gasteiger partial charge in [-0.25, -0.2) is 0 Å². The Morgan fingerprint density at radius 2 is 1.41 bits per heavy atom. The van der Waals surface area contributed by atoms with Gasteiger partial charge in [-0.2, -0.15) is 0 Å². The van der Waals surface area contributed by atoms with Crippen molar-refractivity contribution in [1.29, 1.82) is 0 Å². The van der Waals surface area contributed by atoms with Crippen molar-refractivity contribution in [3.05, 3.63) is 80.7 Å². The van der Waals surface area contributed by atoms with Gasteiger partial charge in [0.2, 0.25) is 0 Å². The van der Waals surface area contributed by atoms with Crippen LogP contribution in [0.5, 0.6) is 0 Å². The third-order valence-electron chi connectivity index (χ3n) is 4.51. The van der Waals surface area contributed by atoms with Crippen molar-refractivity contribution in [2.24, 2.45) is 0 Å². The number of fused-ring (bicyclic) bond motifs is 1. The van der Waals surface area contributed by atoms with Crippen LogP contribution < -0.4 is 5.30 Å². The Bertz CT molecular complexity index is 834. The highest BCUT2D eigenvalue weighted by Crippen LogP contribution is 2.74. The van der Waals surface area contributed by atoms with Crippen LogP contribution in [0.1, 0.15) is 24.8 Å². The molecule has 2 aliphatic rings. The van der Waals surface area contributed by atoms with E-state index in [1.165, 1.54) is 17.6 Å². The number of benzene rings is 2. The van der Waals surface area contributed by atoms with Crippen LogP contribution >= 0.6 is 29.7 Å². The van der Waals surface area contributed by atoms with Gasteiger partial charge in [-0.15, -0.1) is 0 Å². The first-order valence-electron chi connectivity index (χ1n) is 7.57. The van der Waals surface area contributed by atoms with E-state index in [0.29, 0.717) is 0 Å². The summed E-state index contributed by atoms with van der Waals surface area (Å²) < 4.78 is 15.3. The first-order chi connectivity index (χ1) is 10.7. The van der Waals surface area contributed by atoms with Crippen LogP contribution in [0.2, 0.25) is 0 Å². The summed E-state index contributed by atoms with van der Waals surface area (Å²) in [6.07, 6.45) is 3.31. The standard InChI is InChI=1S/C19H16IOP/c20-19-17-13-7-12-16(17)18(14-8-3-1-4-9-14)22(19,21)15-10-5-2-6-11-15/h1-6,8-11H,7,12-13H2. The van der Waals surface area contributed by atoms with E-state index >= 15 is 0 Å². The number of allylic oxidation sites excluding steroid dienone is 2. The largest absolute Gasteiger partial charge is 0.308 e. The van der Waals surface area contributed by atoms with E-state index in [2.05, 4.69) is 34.7 Å². The summed E-state index contributed by atoms with van der Waals surface area (Å²) in [4.78, 5) is 0. The zero-order valence-electron chi connectivity index (χ0n) is 12.1. The van der Waals surface area contributed by atoms with Crippen molar-refractivity contribution in [3.8, 4) is 0 Å². The minimum Gasteiger partial charge on any atom is -0.308 e. The normalized spacial score (nSPS) is 24.0. The van der Waals surface area contributed by atoms with E-state index in [9.17, 15) is 4.57 Å². The molecule has 1 saturated carbocycles. The second kappa shape index (κ2) is 5.50. The lowest BCUT2D eigenvalue weighted by Gasteiger charge is -2.19. The Hall–Kier alpha value is -1.12. The zero-order valence-corrected chi connectivity index (χ0v) is 15.2. The van der Waals surface area contributed by atoms with Crippen molar-refractivity contribution < 1.29 is 4.57 Å². The smallest absolute Gasteiger partial charge is 0.178 e. The highest BCUT2D eigenvalue weighted by Gasteiger charge is 2.44. The number of hydrogen-bond acceptors (Lipinski definition) is 1. The molecule has 1 nitrogen and oxygen atoms in total. The molecule has 2 aromatic rings. The monoisotopic (exact) mass is 418 g/mol. The van der Waals surface area contributed by atoms with Crippen LogP contribution in [0.15, 0.2) is 75.1 Å². The quantitative estimate of drug-likeness (QED) is 0.437. The van der Waals surface area contributed by atoms with Gasteiger partial charge in [-0.3, -0.25) is 0 Å². The zero-order chi connectivity index (χ0) is 15.2. The van der Waals surface area contributed by atoms with Gasteiger partial charge >= 0.3 is 0 Å². The summed E-state index contributed by atoms with van der Waals surface area (Å²) in [7, 11) is -2.68. The minimum absolute atomic E-state index is 0.965. The van der Waals surface area contributed by atoms with E-state index in [1.807, 2.05) is 48.5 Å². The van der Waals surface area contributed by atoms with Crippen LogP contribution in [0.3, 0.4) is 0 Å². The lowest BCUT2D eigenvalue weighted by Crippen LogP contribution is -2.04. The van der Waals surface area contributed by atoms with Crippen LogP contribution in [0.4, 0.5) is 0 Å². The fraction of sp³-hybridized carbons (Fsp3) is 0.158. The SMILES string of the molecule is O=P1(c2ccccc2)C(I)=C2CCCC2=C1c1ccccc1.